The molecule has 0 atom stereocenters. The first kappa shape index (κ1) is 14.3. The first-order valence-electron chi connectivity index (χ1n) is 5.93. The summed E-state index contributed by atoms with van der Waals surface area (Å²) in [7, 11) is -2.86. The van der Waals surface area contributed by atoms with E-state index in [2.05, 4.69) is 4.90 Å². The highest BCUT2D eigenvalue weighted by Gasteiger charge is 2.21. The molecule has 0 bridgehead atoms. The topological polar surface area (TPSA) is 87.2 Å². The van der Waals surface area contributed by atoms with Crippen molar-refractivity contribution in [1.29, 1.82) is 5.41 Å². The first-order valence-corrected chi connectivity index (χ1v) is 8.13. The molecule has 0 saturated carbocycles. The predicted octanol–water partition coefficient (Wildman–Crippen LogP) is 0.854. The summed E-state index contributed by atoms with van der Waals surface area (Å²) in [5.41, 5.74) is 6.91. The standard InChI is InChI=1S/C12H16ClN3O2S/c13-11-7-9(12(14)15)1-2-10(11)8-16-3-5-19(17,18)6-4-16/h1-2,7H,3-6,8H2,(H3,14,15). The van der Waals surface area contributed by atoms with E-state index in [-0.39, 0.29) is 17.3 Å². The summed E-state index contributed by atoms with van der Waals surface area (Å²) in [5.74, 6) is 0.393. The summed E-state index contributed by atoms with van der Waals surface area (Å²) < 4.78 is 22.7. The molecular weight excluding hydrogens is 286 g/mol. The van der Waals surface area contributed by atoms with Crippen LogP contribution in [0.15, 0.2) is 18.2 Å². The Morgan fingerprint density at radius 3 is 2.53 bits per heavy atom. The number of nitrogens with zero attached hydrogens (tertiary/aromatic N) is 1. The van der Waals surface area contributed by atoms with E-state index >= 15 is 0 Å². The molecule has 19 heavy (non-hydrogen) atoms. The minimum Gasteiger partial charge on any atom is -0.384 e. The second kappa shape index (κ2) is 5.48. The highest BCUT2D eigenvalue weighted by atomic mass is 35.5. The van der Waals surface area contributed by atoms with Crippen molar-refractivity contribution in [2.75, 3.05) is 24.6 Å². The molecule has 1 fully saturated rings. The molecule has 2 rings (SSSR count). The second-order valence-corrected chi connectivity index (χ2v) is 7.36. The Kier molecular flexibility index (Phi) is 4.13. The fraction of sp³-hybridized carbons (Fsp3) is 0.417. The van der Waals surface area contributed by atoms with Crippen molar-refractivity contribution < 1.29 is 8.42 Å². The lowest BCUT2D eigenvalue weighted by Gasteiger charge is -2.26. The number of benzene rings is 1. The van der Waals surface area contributed by atoms with Gasteiger partial charge in [-0.1, -0.05) is 23.7 Å². The van der Waals surface area contributed by atoms with Crippen LogP contribution < -0.4 is 5.73 Å². The van der Waals surface area contributed by atoms with Crippen molar-refractivity contribution in [2.45, 2.75) is 6.54 Å². The molecule has 104 valence electrons. The van der Waals surface area contributed by atoms with E-state index in [4.69, 9.17) is 22.7 Å². The molecule has 1 aliphatic heterocycles. The number of halogens is 1. The third-order valence-corrected chi connectivity index (χ3v) is 5.16. The Morgan fingerprint density at radius 2 is 2.00 bits per heavy atom. The number of nitrogens with two attached hydrogens (primary N) is 1. The summed E-state index contributed by atoms with van der Waals surface area (Å²) in [6, 6.07) is 5.26. The van der Waals surface area contributed by atoms with E-state index in [0.29, 0.717) is 30.2 Å². The normalized spacial score (nSPS) is 19.2. The molecule has 5 nitrogen and oxygen atoms in total. The van der Waals surface area contributed by atoms with E-state index in [1.165, 1.54) is 0 Å². The highest BCUT2D eigenvalue weighted by Crippen LogP contribution is 2.20. The Labute approximate surface area is 117 Å². The van der Waals surface area contributed by atoms with Crippen LogP contribution in [0.25, 0.3) is 0 Å². The van der Waals surface area contributed by atoms with E-state index in [0.717, 1.165) is 5.56 Å². The van der Waals surface area contributed by atoms with Gasteiger partial charge < -0.3 is 5.73 Å². The van der Waals surface area contributed by atoms with Crippen LogP contribution in [-0.4, -0.2) is 43.7 Å². The Hall–Kier alpha value is -1.11. The van der Waals surface area contributed by atoms with E-state index in [9.17, 15) is 8.42 Å². The van der Waals surface area contributed by atoms with Gasteiger partial charge >= 0.3 is 0 Å². The van der Waals surface area contributed by atoms with Gasteiger partial charge in [0, 0.05) is 30.2 Å². The number of amidine groups is 1. The van der Waals surface area contributed by atoms with Crippen LogP contribution in [0.1, 0.15) is 11.1 Å². The summed E-state index contributed by atoms with van der Waals surface area (Å²) in [5, 5.41) is 7.90. The molecule has 7 heteroatoms. The average Bonchev–Trinajstić information content (AvgIpc) is 2.34. The number of rotatable bonds is 3. The van der Waals surface area contributed by atoms with Crippen LogP contribution >= 0.6 is 11.6 Å². The molecule has 3 N–H and O–H groups in total. The molecule has 1 heterocycles. The third-order valence-electron chi connectivity index (χ3n) is 3.20. The van der Waals surface area contributed by atoms with E-state index < -0.39 is 9.84 Å². The largest absolute Gasteiger partial charge is 0.384 e. The minimum absolute atomic E-state index is 0.0162. The smallest absolute Gasteiger partial charge is 0.152 e. The SMILES string of the molecule is N=C(N)c1ccc(CN2CCS(=O)(=O)CC2)c(Cl)c1. The molecule has 0 unspecified atom stereocenters. The second-order valence-electron chi connectivity index (χ2n) is 4.65. The lowest BCUT2D eigenvalue weighted by Crippen LogP contribution is -2.39. The monoisotopic (exact) mass is 301 g/mol. The zero-order chi connectivity index (χ0) is 14.0. The third kappa shape index (κ3) is 3.68. The van der Waals surface area contributed by atoms with E-state index in [1.807, 2.05) is 6.07 Å². The van der Waals surface area contributed by atoms with Crippen LogP contribution in [-0.2, 0) is 16.4 Å². The van der Waals surface area contributed by atoms with Crippen molar-refractivity contribution in [3.63, 3.8) is 0 Å². The number of nitrogen functional groups attached to an aromatic ring is 1. The van der Waals surface area contributed by atoms with Gasteiger partial charge in [0.15, 0.2) is 9.84 Å². The Bertz CT molecular complexity index is 587. The summed E-state index contributed by atoms with van der Waals surface area (Å²) in [6.45, 7) is 1.69. The first-order chi connectivity index (χ1) is 8.87. The fourth-order valence-corrected chi connectivity index (χ4v) is 3.51. The van der Waals surface area contributed by atoms with Gasteiger partial charge in [-0.15, -0.1) is 0 Å². The van der Waals surface area contributed by atoms with Gasteiger partial charge in [-0.25, -0.2) is 8.42 Å². The molecular formula is C12H16ClN3O2S. The highest BCUT2D eigenvalue weighted by molar-refractivity contribution is 7.91. The predicted molar refractivity (Wildman–Crippen MR) is 76.4 cm³/mol. The maximum atomic E-state index is 11.3. The van der Waals surface area contributed by atoms with Crippen LogP contribution in [0.3, 0.4) is 0 Å². The zero-order valence-corrected chi connectivity index (χ0v) is 12.0. The fourth-order valence-electron chi connectivity index (χ4n) is 1.99. The lowest BCUT2D eigenvalue weighted by atomic mass is 10.1. The van der Waals surface area contributed by atoms with Crippen molar-refractivity contribution in [3.8, 4) is 0 Å². The molecule has 1 aliphatic rings. The average molecular weight is 302 g/mol. The van der Waals surface area contributed by atoms with Crippen LogP contribution in [0.2, 0.25) is 5.02 Å². The maximum absolute atomic E-state index is 11.3. The van der Waals surface area contributed by atoms with Crippen LogP contribution in [0, 0.1) is 5.41 Å². The number of sulfone groups is 1. The van der Waals surface area contributed by atoms with Crippen molar-refractivity contribution >= 4 is 27.3 Å². The lowest BCUT2D eigenvalue weighted by molar-refractivity contribution is 0.288. The molecule has 0 aliphatic carbocycles. The molecule has 0 aromatic heterocycles. The van der Waals surface area contributed by atoms with Gasteiger partial charge in [0.05, 0.1) is 11.5 Å². The van der Waals surface area contributed by atoms with Crippen molar-refractivity contribution in [2.24, 2.45) is 5.73 Å². The Morgan fingerprint density at radius 1 is 1.37 bits per heavy atom. The minimum atomic E-state index is -2.86. The summed E-state index contributed by atoms with van der Waals surface area (Å²) >= 11 is 6.15. The van der Waals surface area contributed by atoms with Crippen LogP contribution in [0.5, 0.6) is 0 Å². The maximum Gasteiger partial charge on any atom is 0.152 e. The molecule has 1 saturated heterocycles. The van der Waals surface area contributed by atoms with Gasteiger partial charge in [0.25, 0.3) is 0 Å². The molecule has 0 radical (unpaired) electrons. The number of nitrogens with one attached hydrogen (secondary N) is 1. The van der Waals surface area contributed by atoms with Crippen molar-refractivity contribution in [1.82, 2.24) is 4.90 Å². The van der Waals surface area contributed by atoms with Gasteiger partial charge in [0.1, 0.15) is 5.84 Å². The van der Waals surface area contributed by atoms with Gasteiger partial charge in [-0.3, -0.25) is 10.3 Å². The van der Waals surface area contributed by atoms with Gasteiger partial charge in [-0.2, -0.15) is 0 Å². The molecule has 1 aromatic carbocycles. The van der Waals surface area contributed by atoms with Gasteiger partial charge in [-0.05, 0) is 11.6 Å². The van der Waals surface area contributed by atoms with Crippen molar-refractivity contribution in [3.05, 3.63) is 34.3 Å². The molecule has 0 amide bonds. The van der Waals surface area contributed by atoms with E-state index in [1.54, 1.807) is 12.1 Å². The summed E-state index contributed by atoms with van der Waals surface area (Å²) in [4.78, 5) is 2.07. The zero-order valence-electron chi connectivity index (χ0n) is 10.4. The molecule has 1 aromatic rings. The van der Waals surface area contributed by atoms with Gasteiger partial charge in [0.2, 0.25) is 0 Å². The number of hydrogen-bond acceptors (Lipinski definition) is 4. The Balaban J connectivity index is 2.06. The summed E-state index contributed by atoms with van der Waals surface area (Å²) in [6.07, 6.45) is 0. The van der Waals surface area contributed by atoms with Crippen LogP contribution in [0.4, 0.5) is 0 Å². The quantitative estimate of drug-likeness (QED) is 0.640. The molecule has 0 spiro atoms. The number of hydrogen-bond donors (Lipinski definition) is 2.